The summed E-state index contributed by atoms with van der Waals surface area (Å²) >= 11 is 1.68. The van der Waals surface area contributed by atoms with Crippen LogP contribution in [-0.4, -0.2) is 4.98 Å². The molecule has 3 heteroatoms. The van der Waals surface area contributed by atoms with Crippen LogP contribution in [0.5, 0.6) is 0 Å². The van der Waals surface area contributed by atoms with Crippen molar-refractivity contribution < 1.29 is 0 Å². The molecule has 17 heavy (non-hydrogen) atoms. The lowest BCUT2D eigenvalue weighted by atomic mass is 10.2. The molecule has 2 aromatic carbocycles. The highest BCUT2D eigenvalue weighted by Gasteiger charge is 2.05. The van der Waals surface area contributed by atoms with Crippen LogP contribution in [0.25, 0.3) is 25.6 Å². The summed E-state index contributed by atoms with van der Waals surface area (Å²) in [6.07, 6.45) is 0. The van der Waals surface area contributed by atoms with Crippen LogP contribution in [0.3, 0.4) is 0 Å². The molecule has 0 unspecified atom stereocenters. The van der Waals surface area contributed by atoms with E-state index in [0.29, 0.717) is 5.69 Å². The summed E-state index contributed by atoms with van der Waals surface area (Å²) < 4.78 is 1.19. The summed E-state index contributed by atoms with van der Waals surface area (Å²) in [6.45, 7) is 6.92. The van der Waals surface area contributed by atoms with Crippen LogP contribution < -0.4 is 0 Å². The van der Waals surface area contributed by atoms with Crippen LogP contribution >= 0.6 is 11.3 Å². The van der Waals surface area contributed by atoms with Crippen molar-refractivity contribution in [3.8, 4) is 10.6 Å². The lowest BCUT2D eigenvalue weighted by Crippen LogP contribution is -1.73. The van der Waals surface area contributed by atoms with E-state index < -0.39 is 0 Å². The van der Waals surface area contributed by atoms with Crippen molar-refractivity contribution in [3.63, 3.8) is 0 Å². The second-order valence-electron chi connectivity index (χ2n) is 3.65. The Morgan fingerprint density at radius 2 is 1.76 bits per heavy atom. The van der Waals surface area contributed by atoms with Crippen LogP contribution in [0.15, 0.2) is 48.5 Å². The van der Waals surface area contributed by atoms with Gasteiger partial charge in [0, 0.05) is 5.56 Å². The highest BCUT2D eigenvalue weighted by molar-refractivity contribution is 7.21. The molecule has 0 aliphatic rings. The van der Waals surface area contributed by atoms with E-state index >= 15 is 0 Å². The maximum Gasteiger partial charge on any atom is 0.187 e. The maximum absolute atomic E-state index is 6.92. The topological polar surface area (TPSA) is 17.2 Å². The molecule has 0 aliphatic heterocycles. The number of fused-ring (bicyclic) bond motifs is 1. The Kier molecular flexibility index (Phi) is 2.36. The highest BCUT2D eigenvalue weighted by Crippen LogP contribution is 2.30. The van der Waals surface area contributed by atoms with Crippen LogP contribution in [-0.2, 0) is 0 Å². The van der Waals surface area contributed by atoms with Gasteiger partial charge in [0.2, 0.25) is 0 Å². The second kappa shape index (κ2) is 4.00. The average molecular weight is 236 g/mol. The number of thiazole rings is 1. The van der Waals surface area contributed by atoms with E-state index in [4.69, 9.17) is 6.57 Å². The maximum atomic E-state index is 6.92. The molecule has 2 nitrogen and oxygen atoms in total. The first-order valence-electron chi connectivity index (χ1n) is 5.20. The van der Waals surface area contributed by atoms with Gasteiger partial charge in [0.1, 0.15) is 5.01 Å². The van der Waals surface area contributed by atoms with Crippen molar-refractivity contribution in [1.29, 1.82) is 0 Å². The van der Waals surface area contributed by atoms with Crippen molar-refractivity contribution in [1.82, 2.24) is 4.98 Å². The van der Waals surface area contributed by atoms with Gasteiger partial charge >= 0.3 is 0 Å². The third kappa shape index (κ3) is 1.79. The molecule has 3 aromatic rings. The van der Waals surface area contributed by atoms with E-state index in [1.54, 1.807) is 11.3 Å². The molecule has 0 aliphatic carbocycles. The van der Waals surface area contributed by atoms with Crippen LogP contribution in [0.1, 0.15) is 0 Å². The third-order valence-electron chi connectivity index (χ3n) is 2.54. The summed E-state index contributed by atoms with van der Waals surface area (Å²) in [5, 5.41) is 1.00. The molecule has 0 saturated carbocycles. The second-order valence-corrected chi connectivity index (χ2v) is 4.68. The Bertz CT molecular complexity index is 672. The lowest BCUT2D eigenvalue weighted by Gasteiger charge is -1.94. The van der Waals surface area contributed by atoms with Crippen molar-refractivity contribution in [2.45, 2.75) is 0 Å². The van der Waals surface area contributed by atoms with E-state index in [0.717, 1.165) is 16.1 Å². The first-order chi connectivity index (χ1) is 8.36. The predicted octanol–water partition coefficient (Wildman–Crippen LogP) is 4.51. The molecular formula is C14H8N2S. The van der Waals surface area contributed by atoms with E-state index in [1.165, 1.54) is 4.70 Å². The minimum Gasteiger partial charge on any atom is -0.238 e. The molecule has 0 radical (unpaired) electrons. The van der Waals surface area contributed by atoms with Gasteiger partial charge in [-0.25, -0.2) is 9.83 Å². The third-order valence-corrected chi connectivity index (χ3v) is 3.62. The van der Waals surface area contributed by atoms with Gasteiger partial charge in [0.05, 0.1) is 16.8 Å². The van der Waals surface area contributed by atoms with Crippen molar-refractivity contribution >= 4 is 27.2 Å². The molecule has 0 fully saturated rings. The number of rotatable bonds is 1. The van der Waals surface area contributed by atoms with E-state index in [2.05, 4.69) is 15.9 Å². The van der Waals surface area contributed by atoms with Crippen molar-refractivity contribution in [2.75, 3.05) is 0 Å². The summed E-state index contributed by atoms with van der Waals surface area (Å²) in [7, 11) is 0. The van der Waals surface area contributed by atoms with Crippen LogP contribution in [0, 0.1) is 6.57 Å². The average Bonchev–Trinajstić information content (AvgIpc) is 2.82. The predicted molar refractivity (Wildman–Crippen MR) is 71.3 cm³/mol. The normalized spacial score (nSPS) is 10.3. The van der Waals surface area contributed by atoms with Gasteiger partial charge in [-0.15, -0.1) is 11.3 Å². The van der Waals surface area contributed by atoms with Gasteiger partial charge in [-0.05, 0) is 12.1 Å². The molecule has 0 spiro atoms. The zero-order valence-electron chi connectivity index (χ0n) is 8.92. The van der Waals surface area contributed by atoms with Gasteiger partial charge in [-0.1, -0.05) is 36.4 Å². The Morgan fingerprint density at radius 3 is 2.47 bits per heavy atom. The van der Waals surface area contributed by atoms with E-state index in [9.17, 15) is 0 Å². The van der Waals surface area contributed by atoms with E-state index in [-0.39, 0.29) is 0 Å². The fraction of sp³-hybridized carbons (Fsp3) is 0. The molecule has 80 valence electrons. The SMILES string of the molecule is [C-]#[N+]c1ccc(-c2nc3ccccc3s2)cc1. The highest BCUT2D eigenvalue weighted by atomic mass is 32.1. The Hall–Kier alpha value is -2.18. The lowest BCUT2D eigenvalue weighted by molar-refractivity contribution is 1.48. The van der Waals surface area contributed by atoms with Crippen LogP contribution in [0.2, 0.25) is 0 Å². The fourth-order valence-corrected chi connectivity index (χ4v) is 2.65. The van der Waals surface area contributed by atoms with Crippen LogP contribution in [0.4, 0.5) is 5.69 Å². The van der Waals surface area contributed by atoms with Gasteiger partial charge in [-0.3, -0.25) is 0 Å². The number of aromatic nitrogens is 1. The number of hydrogen-bond acceptors (Lipinski definition) is 2. The molecule has 0 atom stereocenters. The summed E-state index contributed by atoms with van der Waals surface area (Å²) in [5.41, 5.74) is 2.76. The minimum absolute atomic E-state index is 0.662. The molecule has 0 amide bonds. The molecule has 0 saturated heterocycles. The van der Waals surface area contributed by atoms with Gasteiger partial charge < -0.3 is 0 Å². The van der Waals surface area contributed by atoms with E-state index in [1.807, 2.05) is 42.5 Å². The first-order valence-corrected chi connectivity index (χ1v) is 6.02. The summed E-state index contributed by atoms with van der Waals surface area (Å²) in [6, 6.07) is 15.7. The first kappa shape index (κ1) is 10.0. The summed E-state index contributed by atoms with van der Waals surface area (Å²) in [4.78, 5) is 7.96. The number of hydrogen-bond donors (Lipinski definition) is 0. The Balaban J connectivity index is 2.11. The Labute approximate surface area is 103 Å². The van der Waals surface area contributed by atoms with Gasteiger partial charge in [0.25, 0.3) is 0 Å². The zero-order valence-corrected chi connectivity index (χ0v) is 9.74. The zero-order chi connectivity index (χ0) is 11.7. The molecule has 3 rings (SSSR count). The fourth-order valence-electron chi connectivity index (χ4n) is 1.67. The largest absolute Gasteiger partial charge is 0.238 e. The smallest absolute Gasteiger partial charge is 0.187 e. The standard InChI is InChI=1S/C14H8N2S/c1-15-11-8-6-10(7-9-11)14-16-12-4-2-3-5-13(12)17-14/h2-9H. The van der Waals surface area contributed by atoms with Crippen molar-refractivity contribution in [2.24, 2.45) is 0 Å². The van der Waals surface area contributed by atoms with Crippen molar-refractivity contribution in [3.05, 3.63) is 59.9 Å². The quantitative estimate of drug-likeness (QED) is 0.568. The molecule has 0 N–H and O–H groups in total. The molecular weight excluding hydrogens is 228 g/mol. The van der Waals surface area contributed by atoms with Gasteiger partial charge in [0.15, 0.2) is 5.69 Å². The number of benzene rings is 2. The van der Waals surface area contributed by atoms with Gasteiger partial charge in [-0.2, -0.15) is 0 Å². The molecule has 1 aromatic heterocycles. The minimum atomic E-state index is 0.662. The molecule has 0 bridgehead atoms. The number of nitrogens with zero attached hydrogens (tertiary/aromatic N) is 2. The monoisotopic (exact) mass is 236 g/mol. The number of para-hydroxylation sites is 1. The Morgan fingerprint density at radius 1 is 1.00 bits per heavy atom. The molecule has 1 heterocycles. The summed E-state index contributed by atoms with van der Waals surface area (Å²) in [5.74, 6) is 0.